The lowest BCUT2D eigenvalue weighted by Gasteiger charge is -2.25. The summed E-state index contributed by atoms with van der Waals surface area (Å²) in [7, 11) is 0. The Balaban J connectivity index is 1.97. The Labute approximate surface area is 125 Å². The van der Waals surface area contributed by atoms with Crippen LogP contribution in [0.5, 0.6) is 0 Å². The molecule has 0 saturated carbocycles. The first-order chi connectivity index (χ1) is 10.1. The van der Waals surface area contributed by atoms with Gasteiger partial charge in [0.05, 0.1) is 0 Å². The Hall–Kier alpha value is -2.04. The molecule has 1 aromatic carbocycles. The van der Waals surface area contributed by atoms with Crippen LogP contribution >= 0.6 is 0 Å². The molecule has 1 fully saturated rings. The van der Waals surface area contributed by atoms with Gasteiger partial charge in [-0.1, -0.05) is 25.1 Å². The van der Waals surface area contributed by atoms with Crippen LogP contribution in [0.3, 0.4) is 0 Å². The number of hydrogen-bond acceptors (Lipinski definition) is 2. The Morgan fingerprint density at radius 1 is 1.33 bits per heavy atom. The van der Waals surface area contributed by atoms with Gasteiger partial charge in [-0.3, -0.25) is 4.79 Å². The van der Waals surface area contributed by atoms with Crippen LogP contribution in [0.2, 0.25) is 0 Å². The summed E-state index contributed by atoms with van der Waals surface area (Å²) >= 11 is 0. The first-order valence-electron chi connectivity index (χ1n) is 7.55. The number of hydrogen-bond donors (Lipinski definition) is 2. The fraction of sp³-hybridized carbons (Fsp3) is 0.500. The maximum absolute atomic E-state index is 12.3. The van der Waals surface area contributed by atoms with Crippen LogP contribution in [-0.2, 0) is 4.79 Å². The van der Waals surface area contributed by atoms with Gasteiger partial charge < -0.3 is 15.5 Å². The number of nitrogens with one attached hydrogen (secondary N) is 2. The summed E-state index contributed by atoms with van der Waals surface area (Å²) < 4.78 is 0. The second kappa shape index (κ2) is 7.11. The fourth-order valence-electron chi connectivity index (χ4n) is 2.44. The summed E-state index contributed by atoms with van der Waals surface area (Å²) in [5.74, 6) is -0.0509. The van der Waals surface area contributed by atoms with Crippen molar-refractivity contribution in [2.24, 2.45) is 0 Å². The molecule has 1 saturated heterocycles. The molecule has 1 aromatic rings. The number of carbonyl (C=O) groups excluding carboxylic acids is 2. The SMILES string of the molecule is CC[C@@H](C)NC(=O)[C@H]1CCCN1C(=O)Nc1ccccc1. The Morgan fingerprint density at radius 3 is 2.71 bits per heavy atom. The van der Waals surface area contributed by atoms with Gasteiger partial charge in [-0.05, 0) is 38.3 Å². The number of carbonyl (C=O) groups is 2. The number of nitrogens with zero attached hydrogens (tertiary/aromatic N) is 1. The number of likely N-dealkylation sites (tertiary alicyclic amines) is 1. The minimum Gasteiger partial charge on any atom is -0.352 e. The highest BCUT2D eigenvalue weighted by Gasteiger charge is 2.34. The Morgan fingerprint density at radius 2 is 2.05 bits per heavy atom. The van der Waals surface area contributed by atoms with Crippen molar-refractivity contribution in [3.05, 3.63) is 30.3 Å². The molecule has 1 aliphatic rings. The van der Waals surface area contributed by atoms with Crippen LogP contribution in [0.15, 0.2) is 30.3 Å². The third kappa shape index (κ3) is 3.97. The summed E-state index contributed by atoms with van der Waals surface area (Å²) in [5, 5.41) is 5.80. The minimum absolute atomic E-state index is 0.0509. The molecule has 0 bridgehead atoms. The quantitative estimate of drug-likeness (QED) is 0.895. The van der Waals surface area contributed by atoms with Crippen molar-refractivity contribution in [2.45, 2.75) is 45.2 Å². The smallest absolute Gasteiger partial charge is 0.322 e. The Bertz CT molecular complexity index is 490. The van der Waals surface area contributed by atoms with E-state index in [4.69, 9.17) is 0 Å². The van der Waals surface area contributed by atoms with Gasteiger partial charge in [-0.15, -0.1) is 0 Å². The van der Waals surface area contributed by atoms with Gasteiger partial charge in [-0.25, -0.2) is 4.79 Å². The highest BCUT2D eigenvalue weighted by molar-refractivity contribution is 5.94. The molecule has 3 amide bonds. The van der Waals surface area contributed by atoms with Crippen LogP contribution in [0, 0.1) is 0 Å². The van der Waals surface area contributed by atoms with E-state index in [2.05, 4.69) is 10.6 Å². The summed E-state index contributed by atoms with van der Waals surface area (Å²) in [4.78, 5) is 26.2. The predicted octanol–water partition coefficient (Wildman–Crippen LogP) is 2.60. The topological polar surface area (TPSA) is 61.4 Å². The zero-order chi connectivity index (χ0) is 15.2. The Kier molecular flexibility index (Phi) is 5.20. The van der Waals surface area contributed by atoms with E-state index < -0.39 is 0 Å². The summed E-state index contributed by atoms with van der Waals surface area (Å²) in [6.45, 7) is 4.62. The normalized spacial score (nSPS) is 19.1. The summed E-state index contributed by atoms with van der Waals surface area (Å²) in [6, 6.07) is 8.88. The van der Waals surface area contributed by atoms with E-state index in [9.17, 15) is 9.59 Å². The van der Waals surface area contributed by atoms with Crippen molar-refractivity contribution in [1.29, 1.82) is 0 Å². The number of anilines is 1. The van der Waals surface area contributed by atoms with E-state index in [1.807, 2.05) is 44.2 Å². The van der Waals surface area contributed by atoms with E-state index in [-0.39, 0.29) is 24.0 Å². The number of amides is 3. The van der Waals surface area contributed by atoms with Gasteiger partial charge in [0, 0.05) is 18.3 Å². The molecule has 5 heteroatoms. The van der Waals surface area contributed by atoms with Crippen molar-refractivity contribution in [3.8, 4) is 0 Å². The average molecular weight is 289 g/mol. The molecule has 21 heavy (non-hydrogen) atoms. The van der Waals surface area contributed by atoms with Crippen LogP contribution in [-0.4, -0.2) is 35.5 Å². The maximum Gasteiger partial charge on any atom is 0.322 e. The zero-order valence-corrected chi connectivity index (χ0v) is 12.6. The predicted molar refractivity (Wildman–Crippen MR) is 83.1 cm³/mol. The van der Waals surface area contributed by atoms with Crippen molar-refractivity contribution in [2.75, 3.05) is 11.9 Å². The number of rotatable bonds is 4. The minimum atomic E-state index is -0.359. The molecule has 2 atom stereocenters. The van der Waals surface area contributed by atoms with Crippen molar-refractivity contribution >= 4 is 17.6 Å². The molecule has 114 valence electrons. The molecular weight excluding hydrogens is 266 g/mol. The molecule has 0 unspecified atom stereocenters. The summed E-state index contributed by atoms with van der Waals surface area (Å²) in [6.07, 6.45) is 2.47. The van der Waals surface area contributed by atoms with E-state index >= 15 is 0 Å². The van der Waals surface area contributed by atoms with Gasteiger partial charge in [-0.2, -0.15) is 0 Å². The van der Waals surface area contributed by atoms with E-state index in [0.29, 0.717) is 6.54 Å². The zero-order valence-electron chi connectivity index (χ0n) is 12.6. The van der Waals surface area contributed by atoms with E-state index in [1.165, 1.54) is 0 Å². The molecule has 0 spiro atoms. The number of urea groups is 1. The summed E-state index contributed by atoms with van der Waals surface area (Å²) in [5.41, 5.74) is 0.746. The molecule has 1 heterocycles. The van der Waals surface area contributed by atoms with Crippen molar-refractivity contribution < 1.29 is 9.59 Å². The molecule has 0 aromatic heterocycles. The van der Waals surface area contributed by atoms with Crippen LogP contribution < -0.4 is 10.6 Å². The van der Waals surface area contributed by atoms with E-state index in [1.54, 1.807) is 4.90 Å². The average Bonchev–Trinajstić information content (AvgIpc) is 2.97. The molecule has 2 N–H and O–H groups in total. The second-order valence-corrected chi connectivity index (χ2v) is 5.47. The first-order valence-corrected chi connectivity index (χ1v) is 7.55. The second-order valence-electron chi connectivity index (χ2n) is 5.47. The van der Waals surface area contributed by atoms with E-state index in [0.717, 1.165) is 24.9 Å². The standard InChI is InChI=1S/C16H23N3O2/c1-3-12(2)17-15(20)14-10-7-11-19(14)16(21)18-13-8-5-4-6-9-13/h4-6,8-9,12,14H,3,7,10-11H2,1-2H3,(H,17,20)(H,18,21)/t12-,14-/m1/s1. The largest absolute Gasteiger partial charge is 0.352 e. The maximum atomic E-state index is 12.3. The highest BCUT2D eigenvalue weighted by Crippen LogP contribution is 2.19. The lowest BCUT2D eigenvalue weighted by Crippen LogP contribution is -2.49. The first kappa shape index (κ1) is 15.4. The fourth-order valence-corrected chi connectivity index (χ4v) is 2.44. The molecular formula is C16H23N3O2. The van der Waals surface area contributed by atoms with Crippen LogP contribution in [0.4, 0.5) is 10.5 Å². The van der Waals surface area contributed by atoms with Crippen molar-refractivity contribution in [3.63, 3.8) is 0 Å². The third-order valence-electron chi connectivity index (χ3n) is 3.84. The van der Waals surface area contributed by atoms with Crippen molar-refractivity contribution in [1.82, 2.24) is 10.2 Å². The number of benzene rings is 1. The lowest BCUT2D eigenvalue weighted by atomic mass is 10.2. The number of para-hydroxylation sites is 1. The van der Waals surface area contributed by atoms with Crippen LogP contribution in [0.1, 0.15) is 33.1 Å². The van der Waals surface area contributed by atoms with Crippen LogP contribution in [0.25, 0.3) is 0 Å². The third-order valence-corrected chi connectivity index (χ3v) is 3.84. The molecule has 1 aliphatic heterocycles. The lowest BCUT2D eigenvalue weighted by molar-refractivity contribution is -0.125. The molecule has 0 radical (unpaired) electrons. The monoisotopic (exact) mass is 289 g/mol. The molecule has 0 aliphatic carbocycles. The van der Waals surface area contributed by atoms with Gasteiger partial charge in [0.25, 0.3) is 0 Å². The van der Waals surface area contributed by atoms with Gasteiger partial charge in [0.1, 0.15) is 6.04 Å². The molecule has 2 rings (SSSR count). The van der Waals surface area contributed by atoms with Gasteiger partial charge in [0.15, 0.2) is 0 Å². The molecule has 5 nitrogen and oxygen atoms in total. The van der Waals surface area contributed by atoms with Gasteiger partial charge in [0.2, 0.25) is 5.91 Å². The van der Waals surface area contributed by atoms with Gasteiger partial charge >= 0.3 is 6.03 Å². The highest BCUT2D eigenvalue weighted by atomic mass is 16.2.